The normalized spacial score (nSPS) is 10.5. The van der Waals surface area contributed by atoms with Gasteiger partial charge in [0.2, 0.25) is 5.95 Å². The third-order valence-electron chi connectivity index (χ3n) is 1.33. The van der Waals surface area contributed by atoms with Crippen molar-refractivity contribution in [1.82, 2.24) is 19.6 Å². The number of anilines is 1. The molecule has 0 radical (unpaired) electrons. The van der Waals surface area contributed by atoms with E-state index in [9.17, 15) is 0 Å². The van der Waals surface area contributed by atoms with Gasteiger partial charge in [0.15, 0.2) is 5.65 Å². The van der Waals surface area contributed by atoms with Gasteiger partial charge in [-0.15, -0.1) is 0 Å². The molecule has 2 heterocycles. The number of nitrogen functional groups attached to an aromatic ring is 2. The molecule has 2 aromatic rings. The predicted molar refractivity (Wildman–Crippen MR) is 39.9 cm³/mol. The van der Waals surface area contributed by atoms with E-state index in [-0.39, 0.29) is 5.95 Å². The Kier molecular flexibility index (Phi) is 0.974. The molecule has 0 aromatic carbocycles. The molecule has 0 bridgehead atoms. The molecule has 0 aliphatic heterocycles. The summed E-state index contributed by atoms with van der Waals surface area (Å²) in [6, 6.07) is 0. The Bertz CT molecular complexity index is 391. The van der Waals surface area contributed by atoms with Crippen LogP contribution in [-0.2, 0) is 0 Å². The van der Waals surface area contributed by atoms with Gasteiger partial charge in [-0.25, -0.2) is 14.6 Å². The first-order chi connectivity index (χ1) is 5.27. The topological polar surface area (TPSA) is 95.6 Å². The summed E-state index contributed by atoms with van der Waals surface area (Å²) in [6.45, 7) is 0. The van der Waals surface area contributed by atoms with E-state index < -0.39 is 0 Å². The average Bonchev–Trinajstić information content (AvgIpc) is 2.33. The van der Waals surface area contributed by atoms with Crippen LogP contribution in [-0.4, -0.2) is 19.6 Å². The molecule has 2 aromatic heterocycles. The SMILES string of the molecule is Nc1ncc2ncn(N)c2n1. The highest BCUT2D eigenvalue weighted by Gasteiger charge is 2.01. The average molecular weight is 150 g/mol. The monoisotopic (exact) mass is 150 g/mol. The Labute approximate surface area is 61.8 Å². The van der Waals surface area contributed by atoms with Crippen LogP contribution in [0.5, 0.6) is 0 Å². The lowest BCUT2D eigenvalue weighted by Crippen LogP contribution is -2.07. The molecular weight excluding hydrogens is 144 g/mol. The van der Waals surface area contributed by atoms with Crippen LogP contribution >= 0.6 is 0 Å². The molecule has 56 valence electrons. The molecule has 4 N–H and O–H groups in total. The van der Waals surface area contributed by atoms with Crippen molar-refractivity contribution in [2.75, 3.05) is 11.6 Å². The van der Waals surface area contributed by atoms with Crippen LogP contribution < -0.4 is 11.6 Å². The van der Waals surface area contributed by atoms with Crippen molar-refractivity contribution in [1.29, 1.82) is 0 Å². The van der Waals surface area contributed by atoms with Crippen molar-refractivity contribution < 1.29 is 0 Å². The van der Waals surface area contributed by atoms with E-state index in [0.717, 1.165) is 0 Å². The van der Waals surface area contributed by atoms with Gasteiger partial charge in [0.05, 0.1) is 6.20 Å². The molecule has 0 saturated heterocycles. The van der Waals surface area contributed by atoms with E-state index in [2.05, 4.69) is 15.0 Å². The Morgan fingerprint density at radius 1 is 1.36 bits per heavy atom. The van der Waals surface area contributed by atoms with Crippen molar-refractivity contribution in [3.8, 4) is 0 Å². The molecule has 6 nitrogen and oxygen atoms in total. The first-order valence-corrected chi connectivity index (χ1v) is 2.98. The lowest BCUT2D eigenvalue weighted by Gasteiger charge is -1.92. The lowest BCUT2D eigenvalue weighted by atomic mass is 10.6. The first-order valence-electron chi connectivity index (χ1n) is 2.98. The smallest absolute Gasteiger partial charge is 0.222 e. The zero-order valence-corrected chi connectivity index (χ0v) is 5.60. The molecule has 2 rings (SSSR count). The first kappa shape index (κ1) is 5.90. The summed E-state index contributed by atoms with van der Waals surface area (Å²) in [5.74, 6) is 5.65. The number of hydrogen-bond acceptors (Lipinski definition) is 5. The second-order valence-corrected chi connectivity index (χ2v) is 2.09. The highest BCUT2D eigenvalue weighted by atomic mass is 15.3. The zero-order chi connectivity index (χ0) is 7.84. The lowest BCUT2D eigenvalue weighted by molar-refractivity contribution is 1.01. The molecule has 6 heteroatoms. The minimum absolute atomic E-state index is 0.199. The van der Waals surface area contributed by atoms with Gasteiger partial charge in [0, 0.05) is 0 Å². The molecule has 0 aliphatic carbocycles. The zero-order valence-electron chi connectivity index (χ0n) is 5.60. The highest BCUT2D eigenvalue weighted by Crippen LogP contribution is 2.05. The largest absolute Gasteiger partial charge is 0.368 e. The fourth-order valence-corrected chi connectivity index (χ4v) is 0.840. The van der Waals surface area contributed by atoms with Gasteiger partial charge in [-0.2, -0.15) is 4.98 Å². The minimum atomic E-state index is 0.199. The molecule has 0 atom stereocenters. The Hall–Kier alpha value is -1.85. The molecule has 0 fully saturated rings. The van der Waals surface area contributed by atoms with Crippen LogP contribution in [0.4, 0.5) is 5.95 Å². The maximum atomic E-state index is 5.45. The fourth-order valence-electron chi connectivity index (χ4n) is 0.840. The minimum Gasteiger partial charge on any atom is -0.368 e. The van der Waals surface area contributed by atoms with Crippen molar-refractivity contribution >= 4 is 17.1 Å². The third kappa shape index (κ3) is 0.759. The summed E-state index contributed by atoms with van der Waals surface area (Å²) in [6.07, 6.45) is 2.99. The molecule has 0 spiro atoms. The number of nitrogens with two attached hydrogens (primary N) is 2. The van der Waals surface area contributed by atoms with Crippen LogP contribution in [0.2, 0.25) is 0 Å². The maximum Gasteiger partial charge on any atom is 0.222 e. The molecule has 0 aliphatic rings. The maximum absolute atomic E-state index is 5.45. The number of rotatable bonds is 0. The van der Waals surface area contributed by atoms with Crippen molar-refractivity contribution in [3.05, 3.63) is 12.5 Å². The third-order valence-corrected chi connectivity index (χ3v) is 1.33. The van der Waals surface area contributed by atoms with Crippen LogP contribution in [0.3, 0.4) is 0 Å². The van der Waals surface area contributed by atoms with E-state index >= 15 is 0 Å². The molecule has 0 amide bonds. The number of nitrogens with zero attached hydrogens (tertiary/aromatic N) is 4. The fraction of sp³-hybridized carbons (Fsp3) is 0. The standard InChI is InChI=1S/C5H6N6/c6-5-8-1-3-4(10-5)11(7)2-9-3/h1-2H,7H2,(H2,6,8,10). The van der Waals surface area contributed by atoms with Crippen LogP contribution in [0.25, 0.3) is 11.2 Å². The van der Waals surface area contributed by atoms with Gasteiger partial charge in [-0.05, 0) is 0 Å². The Morgan fingerprint density at radius 2 is 2.18 bits per heavy atom. The van der Waals surface area contributed by atoms with E-state index in [1.165, 1.54) is 17.2 Å². The second kappa shape index (κ2) is 1.82. The summed E-state index contributed by atoms with van der Waals surface area (Å²) in [7, 11) is 0. The quantitative estimate of drug-likeness (QED) is 0.475. The Morgan fingerprint density at radius 3 is 3.00 bits per heavy atom. The number of aromatic nitrogens is 4. The predicted octanol–water partition coefficient (Wildman–Crippen LogP) is -0.878. The van der Waals surface area contributed by atoms with Crippen LogP contribution in [0.15, 0.2) is 12.5 Å². The van der Waals surface area contributed by atoms with E-state index in [1.807, 2.05) is 0 Å². The Balaban J connectivity index is 2.87. The number of imidazole rings is 1. The summed E-state index contributed by atoms with van der Waals surface area (Å²) >= 11 is 0. The van der Waals surface area contributed by atoms with E-state index in [4.69, 9.17) is 11.6 Å². The summed E-state index contributed by atoms with van der Waals surface area (Å²) in [5.41, 5.74) is 6.51. The van der Waals surface area contributed by atoms with Gasteiger partial charge in [0.25, 0.3) is 0 Å². The van der Waals surface area contributed by atoms with Gasteiger partial charge < -0.3 is 11.6 Å². The second-order valence-electron chi connectivity index (χ2n) is 2.09. The number of fused-ring (bicyclic) bond motifs is 1. The van der Waals surface area contributed by atoms with Crippen molar-refractivity contribution in [3.63, 3.8) is 0 Å². The van der Waals surface area contributed by atoms with Gasteiger partial charge in [-0.3, -0.25) is 0 Å². The highest BCUT2D eigenvalue weighted by molar-refractivity contribution is 5.70. The van der Waals surface area contributed by atoms with Crippen molar-refractivity contribution in [2.24, 2.45) is 0 Å². The van der Waals surface area contributed by atoms with Crippen LogP contribution in [0, 0.1) is 0 Å². The van der Waals surface area contributed by atoms with Crippen LogP contribution in [0.1, 0.15) is 0 Å². The van der Waals surface area contributed by atoms with E-state index in [0.29, 0.717) is 11.2 Å². The van der Waals surface area contributed by atoms with Gasteiger partial charge in [0.1, 0.15) is 11.8 Å². The molecule has 11 heavy (non-hydrogen) atoms. The van der Waals surface area contributed by atoms with Gasteiger partial charge >= 0.3 is 0 Å². The molecular formula is C5H6N6. The molecule has 0 saturated carbocycles. The van der Waals surface area contributed by atoms with E-state index in [1.54, 1.807) is 0 Å². The number of hydrogen-bond donors (Lipinski definition) is 2. The summed E-state index contributed by atoms with van der Waals surface area (Å²) in [4.78, 5) is 11.6. The molecule has 0 unspecified atom stereocenters. The van der Waals surface area contributed by atoms with Crippen molar-refractivity contribution in [2.45, 2.75) is 0 Å². The summed E-state index contributed by atoms with van der Waals surface area (Å²) < 4.78 is 1.30. The summed E-state index contributed by atoms with van der Waals surface area (Å²) in [5, 5.41) is 0. The van der Waals surface area contributed by atoms with Gasteiger partial charge in [-0.1, -0.05) is 0 Å².